The zero-order chi connectivity index (χ0) is 16.3. The first-order valence-electron chi connectivity index (χ1n) is 7.45. The quantitative estimate of drug-likeness (QED) is 0.852. The van der Waals surface area contributed by atoms with Gasteiger partial charge in [-0.1, -0.05) is 24.1 Å². The minimum atomic E-state index is -3.85. The van der Waals surface area contributed by atoms with Crippen molar-refractivity contribution in [1.82, 2.24) is 4.31 Å². The number of hydrogen-bond acceptors (Lipinski definition) is 4. The van der Waals surface area contributed by atoms with Gasteiger partial charge in [-0.3, -0.25) is 4.79 Å². The van der Waals surface area contributed by atoms with Crippen LogP contribution in [0.4, 0.5) is 0 Å². The smallest absolute Gasteiger partial charge is 0.266 e. The highest BCUT2D eigenvalue weighted by Crippen LogP contribution is 2.26. The molecule has 2 rings (SSSR count). The molecule has 0 radical (unpaired) electrons. The third-order valence-corrected chi connectivity index (χ3v) is 5.71. The van der Waals surface area contributed by atoms with Crippen LogP contribution < -0.4 is 0 Å². The molecule has 1 aliphatic heterocycles. The second-order valence-electron chi connectivity index (χ2n) is 5.83. The molecular formula is C16H21NO4S. The van der Waals surface area contributed by atoms with Gasteiger partial charge in [0.05, 0.1) is 4.90 Å². The van der Waals surface area contributed by atoms with Gasteiger partial charge in [0.2, 0.25) is 5.91 Å². The van der Waals surface area contributed by atoms with E-state index in [9.17, 15) is 18.0 Å². The zero-order valence-corrected chi connectivity index (χ0v) is 13.7. The molecule has 22 heavy (non-hydrogen) atoms. The molecule has 120 valence electrons. The Morgan fingerprint density at radius 1 is 1.23 bits per heavy atom. The Morgan fingerprint density at radius 3 is 2.45 bits per heavy atom. The van der Waals surface area contributed by atoms with Crippen molar-refractivity contribution in [2.24, 2.45) is 5.92 Å². The molecule has 0 spiro atoms. The normalized spacial score (nSPS) is 19.8. The Kier molecular flexibility index (Phi) is 5.01. The number of hydrogen-bond donors (Lipinski definition) is 0. The molecule has 0 bridgehead atoms. The molecule has 6 heteroatoms. The number of rotatable bonds is 4. The average Bonchev–Trinajstić information content (AvgIpc) is 2.62. The first-order valence-corrected chi connectivity index (χ1v) is 8.89. The maximum absolute atomic E-state index is 12.7. The largest absolute Gasteiger partial charge is 0.300 e. The van der Waals surface area contributed by atoms with Crippen LogP contribution in [0.25, 0.3) is 0 Å². The molecule has 1 heterocycles. The number of aryl methyl sites for hydroxylation is 1. The van der Waals surface area contributed by atoms with Crippen LogP contribution in [0.5, 0.6) is 0 Å². The highest BCUT2D eigenvalue weighted by atomic mass is 32.2. The third kappa shape index (κ3) is 3.55. The number of Topliss-reactive ketones (excluding diaryl/α,β-unsaturated/α-hetero) is 1. The Balaban J connectivity index is 2.33. The monoisotopic (exact) mass is 323 g/mol. The minimum absolute atomic E-state index is 0.0899. The summed E-state index contributed by atoms with van der Waals surface area (Å²) in [6.45, 7) is 3.48. The van der Waals surface area contributed by atoms with E-state index >= 15 is 0 Å². The van der Waals surface area contributed by atoms with Crippen molar-refractivity contribution in [3.8, 4) is 0 Å². The first-order chi connectivity index (χ1) is 10.3. The van der Waals surface area contributed by atoms with Crippen LogP contribution in [0.15, 0.2) is 29.2 Å². The van der Waals surface area contributed by atoms with Crippen LogP contribution in [0.1, 0.15) is 38.2 Å². The molecule has 1 amide bonds. The van der Waals surface area contributed by atoms with E-state index in [1.807, 2.05) is 6.92 Å². The Labute approximate surface area is 131 Å². The van der Waals surface area contributed by atoms with Crippen LogP contribution in [-0.2, 0) is 19.6 Å². The highest BCUT2D eigenvalue weighted by molar-refractivity contribution is 7.89. The molecule has 1 fully saturated rings. The molecular weight excluding hydrogens is 302 g/mol. The van der Waals surface area contributed by atoms with E-state index in [-0.39, 0.29) is 23.6 Å². The molecule has 0 aromatic heterocycles. The highest BCUT2D eigenvalue weighted by Gasteiger charge is 2.35. The molecule has 5 nitrogen and oxygen atoms in total. The van der Waals surface area contributed by atoms with E-state index in [4.69, 9.17) is 0 Å². The molecule has 1 saturated heterocycles. The maximum Gasteiger partial charge on any atom is 0.266 e. The van der Waals surface area contributed by atoms with Gasteiger partial charge >= 0.3 is 0 Å². The summed E-state index contributed by atoms with van der Waals surface area (Å²) in [5.41, 5.74) is 0.954. The lowest BCUT2D eigenvalue weighted by atomic mass is 9.97. The summed E-state index contributed by atoms with van der Waals surface area (Å²) in [5, 5.41) is 0. The van der Waals surface area contributed by atoms with Crippen LogP contribution in [-0.4, -0.2) is 31.0 Å². The second kappa shape index (κ2) is 6.60. The van der Waals surface area contributed by atoms with E-state index in [1.165, 1.54) is 19.1 Å². The summed E-state index contributed by atoms with van der Waals surface area (Å²) in [5.74, 6) is -1.07. The van der Waals surface area contributed by atoms with Crippen molar-refractivity contribution in [1.29, 1.82) is 0 Å². The summed E-state index contributed by atoms with van der Waals surface area (Å²) in [7, 11) is -3.85. The van der Waals surface area contributed by atoms with Crippen molar-refractivity contribution in [2.75, 3.05) is 6.54 Å². The summed E-state index contributed by atoms with van der Waals surface area (Å²) in [4.78, 5) is 24.0. The van der Waals surface area contributed by atoms with Gasteiger partial charge in [0.15, 0.2) is 0 Å². The fraction of sp³-hybridized carbons (Fsp3) is 0.500. The lowest BCUT2D eigenvalue weighted by molar-refractivity contribution is -0.133. The van der Waals surface area contributed by atoms with Crippen molar-refractivity contribution >= 4 is 21.7 Å². The molecule has 0 aliphatic carbocycles. The second-order valence-corrected chi connectivity index (χ2v) is 7.69. The van der Waals surface area contributed by atoms with Gasteiger partial charge in [-0.15, -0.1) is 0 Å². The van der Waals surface area contributed by atoms with Crippen LogP contribution in [0.2, 0.25) is 0 Å². The molecule has 1 aromatic carbocycles. The molecule has 1 aromatic rings. The number of sulfonamides is 1. The molecule has 0 saturated carbocycles. The van der Waals surface area contributed by atoms with Gasteiger partial charge in [-0.05, 0) is 38.8 Å². The number of nitrogens with zero attached hydrogens (tertiary/aromatic N) is 1. The average molecular weight is 323 g/mol. The maximum atomic E-state index is 12.7. The van der Waals surface area contributed by atoms with Crippen molar-refractivity contribution in [3.63, 3.8) is 0 Å². The Hall–Kier alpha value is -1.69. The van der Waals surface area contributed by atoms with Gasteiger partial charge in [0, 0.05) is 18.9 Å². The molecule has 1 atom stereocenters. The number of carbonyl (C=O) groups excluding carboxylic acids is 2. The lowest BCUT2D eigenvalue weighted by Crippen LogP contribution is -2.40. The summed E-state index contributed by atoms with van der Waals surface area (Å²) >= 11 is 0. The van der Waals surface area contributed by atoms with E-state index in [2.05, 4.69) is 0 Å². The predicted octanol–water partition coefficient (Wildman–Crippen LogP) is 2.29. The van der Waals surface area contributed by atoms with Gasteiger partial charge in [-0.2, -0.15) is 0 Å². The van der Waals surface area contributed by atoms with E-state index in [0.29, 0.717) is 12.8 Å². The molecule has 1 aliphatic rings. The standard InChI is InChI=1S/C16H21NO4S/c1-12-6-8-15(9-7-12)22(20,21)17-10-4-3-5-14(16(17)19)11-13(2)18/h6-9,14H,3-5,10-11H2,1-2H3. The van der Waals surface area contributed by atoms with Crippen LogP contribution in [0.3, 0.4) is 0 Å². The third-order valence-electron chi connectivity index (χ3n) is 3.90. The van der Waals surface area contributed by atoms with Gasteiger partial charge < -0.3 is 4.79 Å². The summed E-state index contributed by atoms with van der Waals surface area (Å²) in [6.07, 6.45) is 2.06. The fourth-order valence-electron chi connectivity index (χ4n) is 2.70. The number of benzene rings is 1. The van der Waals surface area contributed by atoms with Crippen LogP contribution >= 0.6 is 0 Å². The van der Waals surface area contributed by atoms with Gasteiger partial charge in [0.25, 0.3) is 10.0 Å². The van der Waals surface area contributed by atoms with Gasteiger partial charge in [0.1, 0.15) is 5.78 Å². The Morgan fingerprint density at radius 2 is 1.86 bits per heavy atom. The summed E-state index contributed by atoms with van der Waals surface area (Å²) in [6, 6.07) is 6.45. The first kappa shape index (κ1) is 16.7. The predicted molar refractivity (Wildman–Crippen MR) is 82.7 cm³/mol. The zero-order valence-electron chi connectivity index (χ0n) is 12.9. The van der Waals surface area contributed by atoms with Crippen molar-refractivity contribution < 1.29 is 18.0 Å². The minimum Gasteiger partial charge on any atom is -0.300 e. The number of carbonyl (C=O) groups is 2. The van der Waals surface area contributed by atoms with E-state index in [1.54, 1.807) is 12.1 Å². The topological polar surface area (TPSA) is 71.5 Å². The van der Waals surface area contributed by atoms with E-state index < -0.39 is 21.8 Å². The summed E-state index contributed by atoms with van der Waals surface area (Å²) < 4.78 is 26.4. The lowest BCUT2D eigenvalue weighted by Gasteiger charge is -2.23. The number of ketones is 1. The van der Waals surface area contributed by atoms with E-state index in [0.717, 1.165) is 16.3 Å². The molecule has 0 N–H and O–H groups in total. The van der Waals surface area contributed by atoms with Gasteiger partial charge in [-0.25, -0.2) is 12.7 Å². The van der Waals surface area contributed by atoms with Crippen molar-refractivity contribution in [2.45, 2.75) is 44.4 Å². The SMILES string of the molecule is CC(=O)CC1CCCCN(S(=O)(=O)c2ccc(C)cc2)C1=O. The van der Waals surface area contributed by atoms with Crippen molar-refractivity contribution in [3.05, 3.63) is 29.8 Å². The fourth-order valence-corrected chi connectivity index (χ4v) is 4.19. The Bertz CT molecular complexity index is 664. The molecule has 1 unspecified atom stereocenters. The van der Waals surface area contributed by atoms with Crippen LogP contribution in [0, 0.1) is 12.8 Å². The number of amides is 1.